The van der Waals surface area contributed by atoms with E-state index in [1.807, 2.05) is 6.92 Å². The first-order valence-electron chi connectivity index (χ1n) is 8.47. The van der Waals surface area contributed by atoms with Crippen LogP contribution in [0.25, 0.3) is 0 Å². The molecule has 0 heterocycles. The minimum absolute atomic E-state index is 0.110. The van der Waals surface area contributed by atoms with Gasteiger partial charge in [0.1, 0.15) is 5.75 Å². The molecule has 0 radical (unpaired) electrons. The van der Waals surface area contributed by atoms with Crippen LogP contribution in [0.4, 0.5) is 0 Å². The van der Waals surface area contributed by atoms with Crippen molar-refractivity contribution in [1.82, 2.24) is 0 Å². The van der Waals surface area contributed by atoms with Crippen LogP contribution in [0.2, 0.25) is 0 Å². The van der Waals surface area contributed by atoms with Crippen LogP contribution < -0.4 is 4.74 Å². The highest BCUT2D eigenvalue weighted by atomic mass is 16.5. The summed E-state index contributed by atoms with van der Waals surface area (Å²) < 4.78 is 5.73. The zero-order valence-electron chi connectivity index (χ0n) is 14.1. The van der Waals surface area contributed by atoms with E-state index in [2.05, 4.69) is 39.0 Å². The van der Waals surface area contributed by atoms with Crippen LogP contribution in [0.1, 0.15) is 69.9 Å². The second kappa shape index (κ2) is 7.17. The minimum Gasteiger partial charge on any atom is -0.494 e. The molecular weight excluding hydrogens is 276 g/mol. The summed E-state index contributed by atoms with van der Waals surface area (Å²) >= 11 is 0. The van der Waals surface area contributed by atoms with Crippen LogP contribution in [-0.2, 0) is 4.79 Å². The van der Waals surface area contributed by atoms with Crippen molar-refractivity contribution in [2.75, 3.05) is 6.61 Å². The first kappa shape index (κ1) is 16.9. The van der Waals surface area contributed by atoms with Gasteiger partial charge in [-0.15, -0.1) is 0 Å². The molecule has 3 nitrogen and oxygen atoms in total. The summed E-state index contributed by atoms with van der Waals surface area (Å²) in [4.78, 5) is 11.0. The van der Waals surface area contributed by atoms with Gasteiger partial charge in [0, 0.05) is 0 Å². The van der Waals surface area contributed by atoms with Crippen molar-refractivity contribution < 1.29 is 14.6 Å². The summed E-state index contributed by atoms with van der Waals surface area (Å²) in [6, 6.07) is 6.50. The zero-order chi connectivity index (χ0) is 16.3. The van der Waals surface area contributed by atoms with Gasteiger partial charge >= 0.3 is 5.97 Å². The molecule has 122 valence electrons. The lowest BCUT2D eigenvalue weighted by molar-refractivity contribution is -0.138. The van der Waals surface area contributed by atoms with Gasteiger partial charge in [-0.2, -0.15) is 0 Å². The number of aliphatic carboxylic acids is 1. The first-order valence-corrected chi connectivity index (χ1v) is 8.47. The van der Waals surface area contributed by atoms with Crippen LogP contribution in [0, 0.1) is 11.8 Å². The number of carbonyl (C=O) groups is 1. The molecular formula is C19H28O3. The Labute approximate surface area is 133 Å². The highest BCUT2D eigenvalue weighted by Gasteiger charge is 2.43. The number of benzene rings is 1. The van der Waals surface area contributed by atoms with Gasteiger partial charge in [0.2, 0.25) is 0 Å². The highest BCUT2D eigenvalue weighted by molar-refractivity contribution is 5.73. The molecule has 1 saturated carbocycles. The standard InChI is InChI=1S/C19H28O3/c1-5-13(9-15-11-17(15)19(20)21)14-7-8-18(22-6-2)16(10-14)12(3)4/h7-8,10,12-13,15,17H,5-6,9,11H2,1-4H3,(H,20,21). The molecule has 0 spiro atoms. The molecule has 22 heavy (non-hydrogen) atoms. The van der Waals surface area contributed by atoms with E-state index in [0.29, 0.717) is 24.4 Å². The Balaban J connectivity index is 2.15. The number of carboxylic acids is 1. The molecule has 0 bridgehead atoms. The molecule has 1 aliphatic rings. The van der Waals surface area contributed by atoms with Gasteiger partial charge in [0.15, 0.2) is 0 Å². The Bertz CT molecular complexity index is 521. The summed E-state index contributed by atoms with van der Waals surface area (Å²) in [6.07, 6.45) is 2.88. The van der Waals surface area contributed by atoms with Crippen LogP contribution in [-0.4, -0.2) is 17.7 Å². The number of hydrogen-bond acceptors (Lipinski definition) is 2. The SMILES string of the molecule is CCOc1ccc(C(CC)CC2CC2C(=O)O)cc1C(C)C. The number of hydrogen-bond donors (Lipinski definition) is 1. The molecule has 0 saturated heterocycles. The lowest BCUT2D eigenvalue weighted by atomic mass is 9.88. The van der Waals surface area contributed by atoms with E-state index in [1.54, 1.807) is 0 Å². The molecule has 0 aromatic heterocycles. The molecule has 3 atom stereocenters. The molecule has 0 amide bonds. The van der Waals surface area contributed by atoms with E-state index < -0.39 is 5.97 Å². The molecule has 0 aliphatic heterocycles. The fourth-order valence-corrected chi connectivity index (χ4v) is 3.27. The Morgan fingerprint density at radius 1 is 1.36 bits per heavy atom. The van der Waals surface area contributed by atoms with Gasteiger partial charge in [-0.3, -0.25) is 4.79 Å². The van der Waals surface area contributed by atoms with E-state index in [9.17, 15) is 4.79 Å². The molecule has 1 aromatic rings. The van der Waals surface area contributed by atoms with Crippen molar-refractivity contribution in [3.63, 3.8) is 0 Å². The predicted octanol–water partition coefficient (Wildman–Crippen LogP) is 4.81. The smallest absolute Gasteiger partial charge is 0.306 e. The maximum Gasteiger partial charge on any atom is 0.306 e. The Morgan fingerprint density at radius 2 is 2.09 bits per heavy atom. The van der Waals surface area contributed by atoms with Crippen LogP contribution >= 0.6 is 0 Å². The lowest BCUT2D eigenvalue weighted by Gasteiger charge is -2.20. The fraction of sp³-hybridized carbons (Fsp3) is 0.632. The minimum atomic E-state index is -0.630. The maximum atomic E-state index is 11.0. The second-order valence-corrected chi connectivity index (χ2v) is 6.67. The quantitative estimate of drug-likeness (QED) is 0.749. The van der Waals surface area contributed by atoms with E-state index in [0.717, 1.165) is 25.0 Å². The van der Waals surface area contributed by atoms with Crippen molar-refractivity contribution in [2.24, 2.45) is 11.8 Å². The van der Waals surface area contributed by atoms with E-state index >= 15 is 0 Å². The van der Waals surface area contributed by atoms with Crippen LogP contribution in [0.3, 0.4) is 0 Å². The van der Waals surface area contributed by atoms with Gasteiger partial charge in [-0.05, 0) is 61.1 Å². The largest absolute Gasteiger partial charge is 0.494 e. The summed E-state index contributed by atoms with van der Waals surface area (Å²) in [7, 11) is 0. The number of ether oxygens (including phenoxy) is 1. The average Bonchev–Trinajstić information content (AvgIpc) is 3.25. The summed E-state index contributed by atoms with van der Waals surface area (Å²) in [5, 5.41) is 9.08. The fourth-order valence-electron chi connectivity index (χ4n) is 3.27. The van der Waals surface area contributed by atoms with Crippen molar-refractivity contribution >= 4 is 5.97 Å². The van der Waals surface area contributed by atoms with Gasteiger partial charge in [-0.1, -0.05) is 32.9 Å². The monoisotopic (exact) mass is 304 g/mol. The number of carboxylic acid groups (broad SMARTS) is 1. The highest BCUT2D eigenvalue weighted by Crippen LogP contribution is 2.46. The van der Waals surface area contributed by atoms with E-state index in [4.69, 9.17) is 9.84 Å². The van der Waals surface area contributed by atoms with E-state index in [1.165, 1.54) is 11.1 Å². The summed E-state index contributed by atoms with van der Waals surface area (Å²) in [6.45, 7) is 9.24. The number of rotatable bonds is 8. The molecule has 1 fully saturated rings. The maximum absolute atomic E-state index is 11.0. The first-order chi connectivity index (χ1) is 10.5. The zero-order valence-corrected chi connectivity index (χ0v) is 14.1. The van der Waals surface area contributed by atoms with E-state index in [-0.39, 0.29) is 5.92 Å². The Kier molecular flexibility index (Phi) is 5.49. The van der Waals surface area contributed by atoms with Crippen molar-refractivity contribution in [2.45, 2.75) is 58.8 Å². The third-order valence-electron chi connectivity index (χ3n) is 4.75. The van der Waals surface area contributed by atoms with Crippen molar-refractivity contribution in [3.05, 3.63) is 29.3 Å². The average molecular weight is 304 g/mol. The second-order valence-electron chi connectivity index (χ2n) is 6.67. The van der Waals surface area contributed by atoms with Gasteiger partial charge in [0.25, 0.3) is 0 Å². The lowest BCUT2D eigenvalue weighted by Crippen LogP contribution is -2.05. The topological polar surface area (TPSA) is 46.5 Å². The Hall–Kier alpha value is -1.51. The third-order valence-corrected chi connectivity index (χ3v) is 4.75. The molecule has 1 aromatic carbocycles. The molecule has 3 heteroatoms. The summed E-state index contributed by atoms with van der Waals surface area (Å²) in [5.74, 6) is 1.47. The summed E-state index contributed by atoms with van der Waals surface area (Å²) in [5.41, 5.74) is 2.58. The van der Waals surface area contributed by atoms with Crippen LogP contribution in [0.15, 0.2) is 18.2 Å². The third kappa shape index (κ3) is 3.82. The van der Waals surface area contributed by atoms with Crippen molar-refractivity contribution in [1.29, 1.82) is 0 Å². The predicted molar refractivity (Wildman–Crippen MR) is 88.6 cm³/mol. The molecule has 2 rings (SSSR count). The van der Waals surface area contributed by atoms with Crippen LogP contribution in [0.5, 0.6) is 5.75 Å². The normalized spacial score (nSPS) is 21.7. The van der Waals surface area contributed by atoms with Gasteiger partial charge < -0.3 is 9.84 Å². The van der Waals surface area contributed by atoms with Gasteiger partial charge in [-0.25, -0.2) is 0 Å². The molecule has 1 aliphatic carbocycles. The Morgan fingerprint density at radius 3 is 2.59 bits per heavy atom. The molecule has 3 unspecified atom stereocenters. The molecule has 1 N–H and O–H groups in total. The van der Waals surface area contributed by atoms with Gasteiger partial charge in [0.05, 0.1) is 12.5 Å². The van der Waals surface area contributed by atoms with Crippen molar-refractivity contribution in [3.8, 4) is 5.75 Å².